The number of nitrogens with zero attached hydrogens (tertiary/aromatic N) is 10. The summed E-state index contributed by atoms with van der Waals surface area (Å²) >= 11 is 0. The molecule has 23 heteroatoms. The lowest BCUT2D eigenvalue weighted by molar-refractivity contribution is -0.142. The molecule has 0 spiro atoms. The van der Waals surface area contributed by atoms with E-state index in [1.54, 1.807) is 25.5 Å². The number of benzene rings is 4. The van der Waals surface area contributed by atoms with Crippen molar-refractivity contribution in [2.24, 2.45) is 5.92 Å². The Morgan fingerprint density at radius 2 is 1.71 bits per heavy atom. The number of piperazine rings is 1. The molecule has 1 saturated carbocycles. The summed E-state index contributed by atoms with van der Waals surface area (Å²) in [6.07, 6.45) is 10.2. The van der Waals surface area contributed by atoms with Gasteiger partial charge in [0.2, 0.25) is 11.8 Å². The number of hydrogen-bond acceptors (Lipinski definition) is 16. The first-order valence-corrected chi connectivity index (χ1v) is 32.8. The molecule has 5 aromatic heterocycles. The third-order valence-electron chi connectivity index (χ3n) is 20.3. The fourth-order valence-electron chi connectivity index (χ4n) is 15.3. The molecule has 2 bridgehead atoms. The number of ether oxygens (including phenoxy) is 3. The van der Waals surface area contributed by atoms with Gasteiger partial charge in [-0.05, 0) is 142 Å². The molecule has 0 unspecified atom stereocenters. The molecule has 9 aromatic rings. The molecule has 6 N–H and O–H groups in total. The molecule has 480 valence electrons. The van der Waals surface area contributed by atoms with Gasteiger partial charge in [0.05, 0.1) is 49.4 Å². The highest BCUT2D eigenvalue weighted by atomic mass is 19.1. The highest BCUT2D eigenvalue weighted by Crippen LogP contribution is 2.54. The van der Waals surface area contributed by atoms with Crippen LogP contribution in [0.4, 0.5) is 10.2 Å². The second-order valence-electron chi connectivity index (χ2n) is 26.7. The van der Waals surface area contributed by atoms with Gasteiger partial charge in [-0.25, -0.2) is 4.39 Å². The number of anilines is 1. The number of halogens is 1. The van der Waals surface area contributed by atoms with Crippen molar-refractivity contribution in [3.05, 3.63) is 117 Å². The monoisotopic (exact) mass is 1250 g/mol. The normalized spacial score (nSPS) is 21.4. The van der Waals surface area contributed by atoms with Gasteiger partial charge in [0.15, 0.2) is 11.3 Å². The van der Waals surface area contributed by atoms with Crippen molar-refractivity contribution in [3.63, 3.8) is 0 Å². The van der Waals surface area contributed by atoms with E-state index in [9.17, 15) is 19.8 Å². The Kier molecular flexibility index (Phi) is 15.8. The molecule has 0 radical (unpaired) electrons. The van der Waals surface area contributed by atoms with Crippen LogP contribution in [-0.4, -0.2) is 166 Å². The van der Waals surface area contributed by atoms with E-state index in [-0.39, 0.29) is 73.4 Å². The SMILES string of the molecule is CCn1nccc1-c1ccc([C@H](CO)NC(=O)[C@@H]2C[C@@H](O)CN2C(=O)[C@H](C(C)C)n2cc3c(n2)c(=O)[nH]c2cc(COc4c(-c5c(C)c(F)cc6[nH]ncc56)c(C5CC5)cc5c(N6C[C@@H]7C[C@H]6CN7)nc(OC6CCOCC6)nc45)ccc23)c(C2CCN(C)CC2)c1. The van der Waals surface area contributed by atoms with Crippen LogP contribution in [0.25, 0.3) is 66.0 Å². The van der Waals surface area contributed by atoms with Crippen LogP contribution in [0.2, 0.25) is 0 Å². The number of carbonyl (C=O) groups is 2. The number of aromatic nitrogens is 9. The Balaban J connectivity index is 0.749. The minimum Gasteiger partial charge on any atom is -0.486 e. The Hall–Kier alpha value is -8.35. The van der Waals surface area contributed by atoms with Crippen LogP contribution in [0.15, 0.2) is 78.0 Å². The number of β-amino-alcohol motifs (C(OH)–C–C–N with tert-alkyl or cyclic N) is 1. The van der Waals surface area contributed by atoms with Gasteiger partial charge in [-0.2, -0.15) is 25.3 Å². The number of aromatic amines is 2. The number of aryl methyl sites for hydroxylation is 1. The van der Waals surface area contributed by atoms with Gasteiger partial charge in [-0.1, -0.05) is 38.1 Å². The molecule has 15 rings (SSSR count). The number of likely N-dealkylation sites (tertiary alicyclic amines) is 2. The minimum absolute atomic E-state index is 0.0000837. The lowest BCUT2D eigenvalue weighted by Gasteiger charge is -2.33. The van der Waals surface area contributed by atoms with E-state index in [2.05, 4.69) is 66.8 Å². The van der Waals surface area contributed by atoms with Crippen molar-refractivity contribution in [1.29, 1.82) is 0 Å². The number of hydrogen-bond donors (Lipinski definition) is 6. The first-order chi connectivity index (χ1) is 44.7. The second-order valence-corrected chi connectivity index (χ2v) is 26.7. The van der Waals surface area contributed by atoms with Crippen LogP contribution in [0.3, 0.4) is 0 Å². The summed E-state index contributed by atoms with van der Waals surface area (Å²) in [5, 5.41) is 48.6. The first kappa shape index (κ1) is 59.9. The van der Waals surface area contributed by atoms with E-state index in [1.807, 2.05) is 54.9 Å². The summed E-state index contributed by atoms with van der Waals surface area (Å²) in [5.74, 6) is -0.0516. The topological polar surface area (TPSA) is 259 Å². The summed E-state index contributed by atoms with van der Waals surface area (Å²) in [6, 6.07) is 15.6. The largest absolute Gasteiger partial charge is 0.486 e. The maximum atomic E-state index is 16.3. The molecule has 4 aromatic carbocycles. The summed E-state index contributed by atoms with van der Waals surface area (Å²) in [4.78, 5) is 63.8. The van der Waals surface area contributed by atoms with Gasteiger partial charge in [-0.15, -0.1) is 0 Å². The minimum atomic E-state index is -1.05. The molecular weight excluding hydrogens is 1170 g/mol. The molecule has 6 fully saturated rings. The van der Waals surface area contributed by atoms with Crippen molar-refractivity contribution < 1.29 is 38.4 Å². The number of amides is 2. The third kappa shape index (κ3) is 10.9. The van der Waals surface area contributed by atoms with E-state index in [0.29, 0.717) is 82.8 Å². The Morgan fingerprint density at radius 3 is 2.46 bits per heavy atom. The van der Waals surface area contributed by atoms with Gasteiger partial charge >= 0.3 is 6.01 Å². The molecule has 5 saturated heterocycles. The Bertz CT molecular complexity index is 4390. The smallest absolute Gasteiger partial charge is 0.319 e. The lowest BCUT2D eigenvalue weighted by atomic mass is 9.83. The zero-order valence-corrected chi connectivity index (χ0v) is 52.6. The molecule has 10 heterocycles. The van der Waals surface area contributed by atoms with E-state index in [4.69, 9.17) is 29.3 Å². The number of aliphatic hydroxyl groups is 2. The maximum Gasteiger partial charge on any atom is 0.319 e. The van der Waals surface area contributed by atoms with Gasteiger partial charge in [0, 0.05) is 114 Å². The predicted molar refractivity (Wildman–Crippen MR) is 346 cm³/mol. The number of pyridine rings is 1. The number of piperidine rings is 1. The van der Waals surface area contributed by atoms with Gasteiger partial charge < -0.3 is 54.7 Å². The van der Waals surface area contributed by atoms with Crippen molar-refractivity contribution >= 4 is 61.2 Å². The zero-order chi connectivity index (χ0) is 63.2. The Labute approximate surface area is 530 Å². The summed E-state index contributed by atoms with van der Waals surface area (Å²) in [7, 11) is 2.12. The number of fused-ring (bicyclic) bond motifs is 7. The summed E-state index contributed by atoms with van der Waals surface area (Å²) in [6.45, 7) is 12.5. The predicted octanol–water partition coefficient (Wildman–Crippen LogP) is 8.08. The Morgan fingerprint density at radius 1 is 0.891 bits per heavy atom. The highest BCUT2D eigenvalue weighted by molar-refractivity contribution is 6.07. The van der Waals surface area contributed by atoms with Crippen LogP contribution >= 0.6 is 0 Å². The van der Waals surface area contributed by atoms with Crippen LogP contribution in [0.5, 0.6) is 11.8 Å². The molecule has 6 aliphatic rings. The van der Waals surface area contributed by atoms with Gasteiger partial charge in [-0.3, -0.25) is 28.8 Å². The fourth-order valence-corrected chi connectivity index (χ4v) is 15.3. The van der Waals surface area contributed by atoms with E-state index in [1.165, 1.54) is 15.6 Å². The number of carbonyl (C=O) groups excluding carboxylic acids is 2. The molecular formula is C69H79FN14O8. The standard InChI is InChI=1S/C69H79FN14O8/c1-6-83-57(13-18-73-83)41-10-12-46(48(24-41)40-14-19-80(5)20-15-40)56(34-85)75-66(87)58-26-44(86)32-82(58)68(89)63(36(2)3)84-33-52-47-11-7-38(23-54(47)74-67(88)62(52)79-84)35-91-64-60(59-37(4)53(70)28-55-51(59)30-72-78-55)49(39-8-9-39)27-50-61(64)76-69(92-45-16-21-90-22-17-45)77-65(50)81-31-42-25-43(81)29-71-42/h7,10-13,18,23-24,27-28,30,33,36,39-40,42-45,56,58,63,71,85-86H,6,8-9,14-17,19-22,25-26,29,31-32,34-35H2,1-5H3,(H,72,78)(H,74,88)(H,75,87)/t42-,43-,44+,56-,58-,63-/m0/s1. The highest BCUT2D eigenvalue weighted by Gasteiger charge is 2.45. The average molecular weight is 1250 g/mol. The third-order valence-corrected chi connectivity index (χ3v) is 20.3. The van der Waals surface area contributed by atoms with Crippen LogP contribution in [0.1, 0.15) is 124 Å². The number of aliphatic hydroxyl groups excluding tert-OH is 2. The molecule has 92 heavy (non-hydrogen) atoms. The average Bonchev–Trinajstić information content (AvgIpc) is 1.65. The summed E-state index contributed by atoms with van der Waals surface area (Å²) < 4.78 is 39.4. The molecule has 22 nitrogen and oxygen atoms in total. The van der Waals surface area contributed by atoms with E-state index in [0.717, 1.165) is 114 Å². The van der Waals surface area contributed by atoms with E-state index >= 15 is 9.18 Å². The van der Waals surface area contributed by atoms with Crippen molar-refractivity contribution in [3.8, 4) is 34.1 Å². The quantitative estimate of drug-likeness (QED) is 0.0474. The number of rotatable bonds is 18. The second kappa shape index (κ2) is 24.3. The molecule has 2 amide bonds. The van der Waals surface area contributed by atoms with Crippen molar-refractivity contribution in [2.75, 3.05) is 64.5 Å². The summed E-state index contributed by atoms with van der Waals surface area (Å²) in [5.41, 5.74) is 8.75. The molecule has 5 aliphatic heterocycles. The van der Waals surface area contributed by atoms with E-state index < -0.39 is 41.6 Å². The van der Waals surface area contributed by atoms with Crippen molar-refractivity contribution in [2.45, 2.75) is 146 Å². The van der Waals surface area contributed by atoms with Crippen molar-refractivity contribution in [1.82, 2.24) is 65.1 Å². The van der Waals surface area contributed by atoms with Gasteiger partial charge in [0.25, 0.3) is 5.56 Å². The van der Waals surface area contributed by atoms with Gasteiger partial charge in [0.1, 0.15) is 41.9 Å². The molecule has 6 atom stereocenters. The number of H-pyrrole nitrogens is 2. The zero-order valence-electron chi connectivity index (χ0n) is 52.6. The molecule has 1 aliphatic carbocycles. The lowest BCUT2D eigenvalue weighted by Crippen LogP contribution is -2.50. The van der Waals surface area contributed by atoms with Crippen LogP contribution in [0, 0.1) is 18.7 Å². The van der Waals surface area contributed by atoms with Crippen LogP contribution < -0.4 is 30.6 Å². The number of nitrogens with one attached hydrogen (secondary N) is 4. The maximum absolute atomic E-state index is 16.3. The van der Waals surface area contributed by atoms with Crippen LogP contribution in [-0.2, 0) is 27.5 Å². The fraction of sp³-hybridized carbons (Fsp3) is 0.478. The first-order valence-electron chi connectivity index (χ1n) is 32.8.